The maximum atomic E-state index is 13.1. The van der Waals surface area contributed by atoms with Crippen LogP contribution in [0.4, 0.5) is 0 Å². The Morgan fingerprint density at radius 2 is 1.77 bits per heavy atom. The molecule has 0 fully saturated rings. The van der Waals surface area contributed by atoms with Crippen LogP contribution in [0.3, 0.4) is 0 Å². The molecule has 168 valence electrons. The minimum absolute atomic E-state index is 0.00384. The minimum Gasteiger partial charge on any atom is -0.493 e. The molecule has 2 aromatic carbocycles. The first-order valence-electron chi connectivity index (χ1n) is 10.1. The van der Waals surface area contributed by atoms with Gasteiger partial charge in [-0.25, -0.2) is 0 Å². The number of nitrogens with one attached hydrogen (secondary N) is 1. The minimum atomic E-state index is -0.727. The Labute approximate surface area is 193 Å². The third-order valence-corrected chi connectivity index (χ3v) is 5.53. The molecule has 0 bridgehead atoms. The van der Waals surface area contributed by atoms with Crippen molar-refractivity contribution in [1.82, 2.24) is 10.2 Å². The molecule has 2 rings (SSSR count). The Kier molecular flexibility index (Phi) is 9.46. The lowest BCUT2D eigenvalue weighted by Crippen LogP contribution is -2.50. The lowest BCUT2D eigenvalue weighted by molar-refractivity contribution is -0.142. The molecular weight excluding hydrogens is 439 g/mol. The number of amides is 2. The maximum Gasteiger partial charge on any atom is 0.261 e. The Morgan fingerprint density at radius 1 is 1.10 bits per heavy atom. The molecule has 0 saturated heterocycles. The van der Waals surface area contributed by atoms with Crippen molar-refractivity contribution in [3.63, 3.8) is 0 Å². The fraction of sp³-hybridized carbons (Fsp3) is 0.391. The highest BCUT2D eigenvalue weighted by Crippen LogP contribution is 2.26. The summed E-state index contributed by atoms with van der Waals surface area (Å²) >= 11 is 12.3. The molecule has 8 heteroatoms. The van der Waals surface area contributed by atoms with Crippen LogP contribution in [-0.4, -0.2) is 42.5 Å². The van der Waals surface area contributed by atoms with E-state index in [9.17, 15) is 9.59 Å². The number of hydrogen-bond acceptors (Lipinski definition) is 4. The number of nitrogens with zero attached hydrogens (tertiary/aromatic N) is 1. The normalized spacial score (nSPS) is 12.6. The Hall–Kier alpha value is -2.44. The molecule has 0 radical (unpaired) electrons. The third-order valence-electron chi connectivity index (χ3n) is 4.94. The van der Waals surface area contributed by atoms with Gasteiger partial charge in [0.2, 0.25) is 5.91 Å². The van der Waals surface area contributed by atoms with E-state index in [2.05, 4.69) is 5.32 Å². The van der Waals surface area contributed by atoms with E-state index in [0.717, 1.165) is 6.42 Å². The lowest BCUT2D eigenvalue weighted by Gasteiger charge is -2.30. The van der Waals surface area contributed by atoms with Crippen LogP contribution in [0.25, 0.3) is 0 Å². The number of carbonyl (C=O) groups excluding carboxylic acids is 2. The van der Waals surface area contributed by atoms with Crippen LogP contribution in [0.1, 0.15) is 32.8 Å². The SMILES string of the molecule is CCC(C)NC(=O)C(C)N(Cc1ccc(Cl)cc1Cl)C(=O)COc1ccccc1OC. The van der Waals surface area contributed by atoms with Gasteiger partial charge in [0.05, 0.1) is 7.11 Å². The van der Waals surface area contributed by atoms with Gasteiger partial charge in [-0.1, -0.05) is 48.3 Å². The largest absolute Gasteiger partial charge is 0.493 e. The van der Waals surface area contributed by atoms with Crippen LogP contribution in [0.5, 0.6) is 11.5 Å². The van der Waals surface area contributed by atoms with Crippen molar-refractivity contribution >= 4 is 35.0 Å². The fourth-order valence-corrected chi connectivity index (χ4v) is 3.31. The highest BCUT2D eigenvalue weighted by atomic mass is 35.5. The quantitative estimate of drug-likeness (QED) is 0.550. The van der Waals surface area contributed by atoms with Crippen molar-refractivity contribution in [2.24, 2.45) is 0 Å². The number of carbonyl (C=O) groups is 2. The smallest absolute Gasteiger partial charge is 0.261 e. The predicted molar refractivity (Wildman–Crippen MR) is 123 cm³/mol. The topological polar surface area (TPSA) is 67.9 Å². The fourth-order valence-electron chi connectivity index (χ4n) is 2.84. The summed E-state index contributed by atoms with van der Waals surface area (Å²) < 4.78 is 10.9. The van der Waals surface area contributed by atoms with E-state index < -0.39 is 6.04 Å². The van der Waals surface area contributed by atoms with Gasteiger partial charge in [-0.15, -0.1) is 0 Å². The number of ether oxygens (including phenoxy) is 2. The highest BCUT2D eigenvalue weighted by Gasteiger charge is 2.28. The van der Waals surface area contributed by atoms with E-state index in [1.165, 1.54) is 12.0 Å². The van der Waals surface area contributed by atoms with Crippen molar-refractivity contribution in [3.8, 4) is 11.5 Å². The molecule has 1 N–H and O–H groups in total. The molecule has 2 atom stereocenters. The zero-order chi connectivity index (χ0) is 23.0. The van der Waals surface area contributed by atoms with Crippen molar-refractivity contribution in [3.05, 3.63) is 58.1 Å². The summed E-state index contributed by atoms with van der Waals surface area (Å²) in [6.07, 6.45) is 0.784. The summed E-state index contributed by atoms with van der Waals surface area (Å²) in [5, 5.41) is 3.83. The molecule has 0 aliphatic heterocycles. The van der Waals surface area contributed by atoms with Gasteiger partial charge in [0.1, 0.15) is 6.04 Å². The lowest BCUT2D eigenvalue weighted by atomic mass is 10.1. The Bertz CT molecular complexity index is 907. The van der Waals surface area contributed by atoms with Gasteiger partial charge in [-0.2, -0.15) is 0 Å². The molecule has 2 aromatic rings. The average Bonchev–Trinajstić information content (AvgIpc) is 2.76. The second-order valence-corrected chi connectivity index (χ2v) is 8.03. The summed E-state index contributed by atoms with van der Waals surface area (Å²) in [4.78, 5) is 27.3. The molecule has 0 aliphatic carbocycles. The van der Waals surface area contributed by atoms with Gasteiger partial charge in [0.15, 0.2) is 18.1 Å². The summed E-state index contributed by atoms with van der Waals surface area (Å²) in [6, 6.07) is 11.4. The van der Waals surface area contributed by atoms with Crippen molar-refractivity contribution in [1.29, 1.82) is 0 Å². The van der Waals surface area contributed by atoms with Gasteiger partial charge in [0, 0.05) is 22.6 Å². The Balaban J connectivity index is 2.22. The predicted octanol–water partition coefficient (Wildman–Crippen LogP) is 4.71. The summed E-state index contributed by atoms with van der Waals surface area (Å²) in [5.74, 6) is 0.360. The Morgan fingerprint density at radius 3 is 2.39 bits per heavy atom. The molecule has 0 aliphatic rings. The molecule has 2 unspecified atom stereocenters. The number of rotatable bonds is 10. The monoisotopic (exact) mass is 466 g/mol. The van der Waals surface area contributed by atoms with Crippen molar-refractivity contribution < 1.29 is 19.1 Å². The van der Waals surface area contributed by atoms with Crippen LogP contribution in [0, 0.1) is 0 Å². The van der Waals surface area contributed by atoms with E-state index in [1.807, 2.05) is 19.9 Å². The highest BCUT2D eigenvalue weighted by molar-refractivity contribution is 6.35. The van der Waals surface area contributed by atoms with Crippen LogP contribution in [-0.2, 0) is 16.1 Å². The second-order valence-electron chi connectivity index (χ2n) is 7.19. The first-order valence-corrected chi connectivity index (χ1v) is 10.8. The number of benzene rings is 2. The standard InChI is InChI=1S/C23H28Cl2N2O4/c1-5-15(2)26-23(29)16(3)27(13-17-10-11-18(24)12-19(17)25)22(28)14-31-21-9-7-6-8-20(21)30-4/h6-12,15-16H,5,13-14H2,1-4H3,(H,26,29). The van der Waals surface area contributed by atoms with Gasteiger partial charge in [-0.05, 0) is 50.1 Å². The summed E-state index contributed by atoms with van der Waals surface area (Å²) in [5.41, 5.74) is 0.680. The van der Waals surface area contributed by atoms with Crippen molar-refractivity contribution in [2.45, 2.75) is 45.8 Å². The van der Waals surface area contributed by atoms with E-state index in [-0.39, 0.29) is 31.0 Å². The van der Waals surface area contributed by atoms with Gasteiger partial charge >= 0.3 is 0 Å². The zero-order valence-corrected chi connectivity index (χ0v) is 19.7. The number of para-hydroxylation sites is 2. The van der Waals surface area contributed by atoms with E-state index in [0.29, 0.717) is 27.1 Å². The van der Waals surface area contributed by atoms with Gasteiger partial charge in [-0.3, -0.25) is 9.59 Å². The molecule has 0 spiro atoms. The first kappa shape index (κ1) is 24.8. The van der Waals surface area contributed by atoms with Crippen LogP contribution in [0.15, 0.2) is 42.5 Å². The molecule has 2 amide bonds. The van der Waals surface area contributed by atoms with E-state index >= 15 is 0 Å². The number of halogens is 2. The summed E-state index contributed by atoms with van der Waals surface area (Å²) in [6.45, 7) is 5.46. The summed E-state index contributed by atoms with van der Waals surface area (Å²) in [7, 11) is 1.53. The molecule has 31 heavy (non-hydrogen) atoms. The first-order chi connectivity index (χ1) is 14.8. The number of hydrogen-bond donors (Lipinski definition) is 1. The van der Waals surface area contributed by atoms with Crippen LogP contribution >= 0.6 is 23.2 Å². The molecule has 0 saturated carbocycles. The van der Waals surface area contributed by atoms with Gasteiger partial charge < -0.3 is 19.7 Å². The maximum absolute atomic E-state index is 13.1. The zero-order valence-electron chi connectivity index (χ0n) is 18.2. The number of methoxy groups -OCH3 is 1. The molecular formula is C23H28Cl2N2O4. The van der Waals surface area contributed by atoms with Crippen LogP contribution < -0.4 is 14.8 Å². The van der Waals surface area contributed by atoms with Gasteiger partial charge in [0.25, 0.3) is 5.91 Å². The van der Waals surface area contributed by atoms with E-state index in [4.69, 9.17) is 32.7 Å². The molecule has 0 heterocycles. The molecule has 6 nitrogen and oxygen atoms in total. The second kappa shape index (κ2) is 11.8. The average molecular weight is 467 g/mol. The molecule has 0 aromatic heterocycles. The van der Waals surface area contributed by atoms with E-state index in [1.54, 1.807) is 43.3 Å². The van der Waals surface area contributed by atoms with Crippen LogP contribution in [0.2, 0.25) is 10.0 Å². The van der Waals surface area contributed by atoms with Crippen molar-refractivity contribution in [2.75, 3.05) is 13.7 Å². The third kappa shape index (κ3) is 7.04.